The van der Waals surface area contributed by atoms with Crippen molar-refractivity contribution in [2.75, 3.05) is 6.54 Å². The molecule has 0 saturated heterocycles. The molecule has 0 spiro atoms. The Bertz CT molecular complexity index is 1050. The predicted octanol–water partition coefficient (Wildman–Crippen LogP) is 5.09. The number of phenols is 1. The SMILES string of the molecule is Cc1oc2c(CN(CC(C)C)C3CC3)c(O)ccc2c(=O)c1-c1ccccc1. The zero-order valence-corrected chi connectivity index (χ0v) is 16.7. The third-order valence-electron chi connectivity index (χ3n) is 5.40. The molecule has 0 radical (unpaired) electrons. The molecule has 2 aromatic carbocycles. The molecule has 4 nitrogen and oxygen atoms in total. The number of aromatic hydroxyl groups is 1. The van der Waals surface area contributed by atoms with E-state index in [0.29, 0.717) is 46.4 Å². The first-order valence-electron chi connectivity index (χ1n) is 10.0. The van der Waals surface area contributed by atoms with Gasteiger partial charge in [-0.1, -0.05) is 44.2 Å². The molecule has 146 valence electrons. The Balaban J connectivity index is 1.84. The van der Waals surface area contributed by atoms with Gasteiger partial charge in [-0.05, 0) is 43.4 Å². The van der Waals surface area contributed by atoms with E-state index in [-0.39, 0.29) is 11.2 Å². The van der Waals surface area contributed by atoms with E-state index < -0.39 is 0 Å². The van der Waals surface area contributed by atoms with Crippen molar-refractivity contribution in [1.29, 1.82) is 0 Å². The topological polar surface area (TPSA) is 53.7 Å². The normalized spacial score (nSPS) is 14.3. The van der Waals surface area contributed by atoms with Crippen LogP contribution < -0.4 is 5.43 Å². The Hall–Kier alpha value is -2.59. The van der Waals surface area contributed by atoms with Gasteiger partial charge in [-0.25, -0.2) is 0 Å². The van der Waals surface area contributed by atoms with Crippen LogP contribution in [0.1, 0.15) is 38.0 Å². The number of aryl methyl sites for hydroxylation is 1. The first kappa shape index (κ1) is 18.8. The van der Waals surface area contributed by atoms with Gasteiger partial charge < -0.3 is 9.52 Å². The molecule has 0 bridgehead atoms. The van der Waals surface area contributed by atoms with Gasteiger partial charge in [0, 0.05) is 19.1 Å². The van der Waals surface area contributed by atoms with Gasteiger partial charge in [0.15, 0.2) is 0 Å². The number of benzene rings is 2. The van der Waals surface area contributed by atoms with Crippen molar-refractivity contribution < 1.29 is 9.52 Å². The highest BCUT2D eigenvalue weighted by Gasteiger charge is 2.30. The van der Waals surface area contributed by atoms with E-state index in [4.69, 9.17) is 4.42 Å². The molecule has 1 N–H and O–H groups in total. The average molecular weight is 377 g/mol. The van der Waals surface area contributed by atoms with Crippen LogP contribution in [0.25, 0.3) is 22.1 Å². The fourth-order valence-electron chi connectivity index (χ4n) is 3.96. The highest BCUT2D eigenvalue weighted by atomic mass is 16.3. The maximum Gasteiger partial charge on any atom is 0.200 e. The summed E-state index contributed by atoms with van der Waals surface area (Å²) in [5.74, 6) is 1.31. The summed E-state index contributed by atoms with van der Waals surface area (Å²) in [7, 11) is 0. The Labute approximate surface area is 165 Å². The molecule has 3 aromatic rings. The molecule has 28 heavy (non-hydrogen) atoms. The van der Waals surface area contributed by atoms with Crippen LogP contribution in [-0.2, 0) is 6.54 Å². The van der Waals surface area contributed by atoms with Crippen LogP contribution in [0, 0.1) is 12.8 Å². The summed E-state index contributed by atoms with van der Waals surface area (Å²) in [6.45, 7) is 7.79. The van der Waals surface area contributed by atoms with Gasteiger partial charge in [-0.3, -0.25) is 9.69 Å². The van der Waals surface area contributed by atoms with E-state index in [2.05, 4.69) is 18.7 Å². The standard InChI is InChI=1S/C24H27NO3/c1-15(2)13-25(18-9-10-18)14-20-21(26)12-11-19-23(27)22(16(3)28-24(19)20)17-7-5-4-6-8-17/h4-8,11-12,15,18,26H,9-10,13-14H2,1-3H3. The second kappa shape index (κ2) is 7.44. The van der Waals surface area contributed by atoms with E-state index in [1.807, 2.05) is 37.3 Å². The Morgan fingerprint density at radius 2 is 1.86 bits per heavy atom. The minimum Gasteiger partial charge on any atom is -0.507 e. The van der Waals surface area contributed by atoms with Crippen molar-refractivity contribution >= 4 is 11.0 Å². The molecule has 0 amide bonds. The van der Waals surface area contributed by atoms with Crippen molar-refractivity contribution in [3.63, 3.8) is 0 Å². The molecular formula is C24H27NO3. The molecule has 0 aliphatic heterocycles. The van der Waals surface area contributed by atoms with Crippen LogP contribution in [0.5, 0.6) is 5.75 Å². The summed E-state index contributed by atoms with van der Waals surface area (Å²) in [5.41, 5.74) is 2.62. The van der Waals surface area contributed by atoms with Crippen LogP contribution in [0.15, 0.2) is 51.7 Å². The van der Waals surface area contributed by atoms with Gasteiger partial charge in [-0.2, -0.15) is 0 Å². The summed E-state index contributed by atoms with van der Waals surface area (Å²) < 4.78 is 6.16. The van der Waals surface area contributed by atoms with Gasteiger partial charge in [-0.15, -0.1) is 0 Å². The number of rotatable bonds is 6. The van der Waals surface area contributed by atoms with Crippen molar-refractivity contribution in [3.8, 4) is 16.9 Å². The lowest BCUT2D eigenvalue weighted by Gasteiger charge is -2.25. The Morgan fingerprint density at radius 1 is 1.14 bits per heavy atom. The highest BCUT2D eigenvalue weighted by Crippen LogP contribution is 2.34. The summed E-state index contributed by atoms with van der Waals surface area (Å²) in [6, 6.07) is 13.5. The summed E-state index contributed by atoms with van der Waals surface area (Å²) >= 11 is 0. The fraction of sp³-hybridized carbons (Fsp3) is 0.375. The minimum atomic E-state index is -0.0481. The maximum absolute atomic E-state index is 13.3. The monoisotopic (exact) mass is 377 g/mol. The van der Waals surface area contributed by atoms with E-state index >= 15 is 0 Å². The second-order valence-electron chi connectivity index (χ2n) is 8.22. The van der Waals surface area contributed by atoms with Gasteiger partial charge in [0.1, 0.15) is 17.1 Å². The van der Waals surface area contributed by atoms with E-state index in [1.54, 1.807) is 12.1 Å². The Morgan fingerprint density at radius 3 is 2.50 bits per heavy atom. The zero-order valence-electron chi connectivity index (χ0n) is 16.7. The maximum atomic E-state index is 13.3. The quantitative estimate of drug-likeness (QED) is 0.650. The van der Waals surface area contributed by atoms with Crippen LogP contribution >= 0.6 is 0 Å². The molecule has 1 fully saturated rings. The summed E-state index contributed by atoms with van der Waals surface area (Å²) in [4.78, 5) is 15.7. The third kappa shape index (κ3) is 3.57. The molecule has 1 aromatic heterocycles. The average Bonchev–Trinajstić information content (AvgIpc) is 3.49. The molecule has 0 unspecified atom stereocenters. The molecule has 4 heteroatoms. The highest BCUT2D eigenvalue weighted by molar-refractivity contribution is 5.86. The molecule has 0 atom stereocenters. The van der Waals surface area contributed by atoms with E-state index in [0.717, 1.165) is 12.1 Å². The minimum absolute atomic E-state index is 0.0481. The van der Waals surface area contributed by atoms with Crippen molar-refractivity contribution in [2.24, 2.45) is 5.92 Å². The van der Waals surface area contributed by atoms with E-state index in [9.17, 15) is 9.90 Å². The van der Waals surface area contributed by atoms with Crippen LogP contribution in [0.3, 0.4) is 0 Å². The van der Waals surface area contributed by atoms with Crippen molar-refractivity contribution in [1.82, 2.24) is 4.90 Å². The largest absolute Gasteiger partial charge is 0.507 e. The molecule has 1 heterocycles. The van der Waals surface area contributed by atoms with Gasteiger partial charge >= 0.3 is 0 Å². The van der Waals surface area contributed by atoms with Gasteiger partial charge in [0.2, 0.25) is 5.43 Å². The van der Waals surface area contributed by atoms with Gasteiger partial charge in [0.05, 0.1) is 16.5 Å². The fourth-order valence-corrected chi connectivity index (χ4v) is 3.96. The molecule has 1 aliphatic rings. The number of fused-ring (bicyclic) bond motifs is 1. The number of nitrogens with zero attached hydrogens (tertiary/aromatic N) is 1. The number of hydrogen-bond donors (Lipinski definition) is 1. The molecule has 1 aliphatic carbocycles. The zero-order chi connectivity index (χ0) is 19.8. The van der Waals surface area contributed by atoms with Crippen LogP contribution in [-0.4, -0.2) is 22.6 Å². The van der Waals surface area contributed by atoms with Crippen LogP contribution in [0.4, 0.5) is 0 Å². The summed E-state index contributed by atoms with van der Waals surface area (Å²) in [5, 5.41) is 11.1. The molecular weight excluding hydrogens is 350 g/mol. The first-order chi connectivity index (χ1) is 13.5. The lowest BCUT2D eigenvalue weighted by molar-refractivity contribution is 0.223. The van der Waals surface area contributed by atoms with Crippen molar-refractivity contribution in [3.05, 3.63) is 64.0 Å². The first-order valence-corrected chi connectivity index (χ1v) is 10.0. The predicted molar refractivity (Wildman–Crippen MR) is 113 cm³/mol. The van der Waals surface area contributed by atoms with Crippen LogP contribution in [0.2, 0.25) is 0 Å². The lowest BCUT2D eigenvalue weighted by Crippen LogP contribution is -2.29. The third-order valence-corrected chi connectivity index (χ3v) is 5.40. The second-order valence-corrected chi connectivity index (χ2v) is 8.22. The van der Waals surface area contributed by atoms with Crippen molar-refractivity contribution in [2.45, 2.75) is 46.2 Å². The number of phenolic OH excluding ortho intramolecular Hbond substituents is 1. The van der Waals surface area contributed by atoms with E-state index in [1.165, 1.54) is 12.8 Å². The lowest BCUT2D eigenvalue weighted by atomic mass is 10.0. The molecule has 1 saturated carbocycles. The molecule has 4 rings (SSSR count). The Kier molecular flexibility index (Phi) is 4.98. The summed E-state index contributed by atoms with van der Waals surface area (Å²) in [6.07, 6.45) is 2.39. The smallest absolute Gasteiger partial charge is 0.200 e. The number of hydrogen-bond acceptors (Lipinski definition) is 4. The van der Waals surface area contributed by atoms with Gasteiger partial charge in [0.25, 0.3) is 0 Å².